The van der Waals surface area contributed by atoms with Gasteiger partial charge in [-0.3, -0.25) is 4.57 Å². The molecule has 4 heteroatoms. The van der Waals surface area contributed by atoms with Gasteiger partial charge in [-0.2, -0.15) is 0 Å². The summed E-state index contributed by atoms with van der Waals surface area (Å²) >= 11 is 0. The van der Waals surface area contributed by atoms with Crippen LogP contribution in [-0.4, -0.2) is 18.9 Å². The van der Waals surface area contributed by atoms with Crippen LogP contribution in [-0.2, 0) is 0 Å². The molecule has 54 heavy (non-hydrogen) atoms. The molecule has 0 aliphatic rings. The number of fused-ring (bicyclic) bond motifs is 16. The predicted molar refractivity (Wildman–Crippen MR) is 226 cm³/mol. The zero-order valence-electron chi connectivity index (χ0n) is 29.0. The van der Waals surface area contributed by atoms with Gasteiger partial charge in [-0.05, 0) is 57.3 Å². The monoisotopic (exact) mass is 684 g/mol. The van der Waals surface area contributed by atoms with Crippen LogP contribution in [0.5, 0.6) is 0 Å². The molecule has 4 aromatic heterocycles. The molecule has 13 aromatic rings. The molecule has 0 amide bonds. The van der Waals surface area contributed by atoms with Crippen molar-refractivity contribution in [3.05, 3.63) is 170 Å². The minimum atomic E-state index is 0.666. The predicted octanol–water partition coefficient (Wildman–Crippen LogP) is 13.0. The molecule has 4 heterocycles. The average molecular weight is 685 g/mol. The van der Waals surface area contributed by atoms with Crippen molar-refractivity contribution in [2.75, 3.05) is 0 Å². The second-order valence-corrected chi connectivity index (χ2v) is 14.5. The van der Waals surface area contributed by atoms with Crippen LogP contribution >= 0.6 is 0 Å². The lowest BCUT2D eigenvalue weighted by Crippen LogP contribution is -2.04. The van der Waals surface area contributed by atoms with Gasteiger partial charge in [0, 0.05) is 48.7 Å². The number of aromatic nitrogens is 4. The summed E-state index contributed by atoms with van der Waals surface area (Å²) in [6.45, 7) is 0. The van der Waals surface area contributed by atoms with Gasteiger partial charge in [0.2, 0.25) is 5.95 Å². The second-order valence-electron chi connectivity index (χ2n) is 14.5. The highest BCUT2D eigenvalue weighted by molar-refractivity contribution is 6.31. The third-order valence-electron chi connectivity index (χ3n) is 11.8. The Morgan fingerprint density at radius 2 is 0.981 bits per heavy atom. The molecule has 248 valence electrons. The van der Waals surface area contributed by atoms with Crippen molar-refractivity contribution < 1.29 is 0 Å². The third kappa shape index (κ3) is 3.57. The van der Waals surface area contributed by atoms with E-state index in [-0.39, 0.29) is 0 Å². The number of para-hydroxylation sites is 3. The summed E-state index contributed by atoms with van der Waals surface area (Å²) < 4.78 is 4.77. The lowest BCUT2D eigenvalue weighted by Gasteiger charge is -2.15. The maximum absolute atomic E-state index is 5.59. The normalized spacial score (nSPS) is 12.4. The lowest BCUT2D eigenvalue weighted by atomic mass is 9.98. The lowest BCUT2D eigenvalue weighted by molar-refractivity contribution is 1.02. The fraction of sp³-hybridized carbons (Fsp3) is 0. The Kier molecular flexibility index (Phi) is 5.34. The Hall–Kier alpha value is -7.30. The Bertz CT molecular complexity index is 3740. The molecule has 0 saturated carbocycles. The minimum Gasteiger partial charge on any atom is -0.308 e. The van der Waals surface area contributed by atoms with Gasteiger partial charge < -0.3 is 4.40 Å². The molecule has 0 atom stereocenters. The van der Waals surface area contributed by atoms with E-state index < -0.39 is 0 Å². The van der Waals surface area contributed by atoms with Crippen molar-refractivity contribution in [1.29, 1.82) is 0 Å². The van der Waals surface area contributed by atoms with Crippen LogP contribution in [0.15, 0.2) is 170 Å². The van der Waals surface area contributed by atoms with E-state index in [1.54, 1.807) is 0 Å². The topological polar surface area (TPSA) is 35.1 Å². The maximum Gasteiger partial charge on any atom is 0.235 e. The Labute approximate surface area is 308 Å². The number of hydrogen-bond acceptors (Lipinski definition) is 2. The van der Waals surface area contributed by atoms with E-state index in [0.717, 1.165) is 38.6 Å². The highest BCUT2D eigenvalue weighted by atomic mass is 15.2. The van der Waals surface area contributed by atoms with Crippen molar-refractivity contribution in [3.8, 4) is 17.2 Å². The van der Waals surface area contributed by atoms with E-state index >= 15 is 0 Å². The van der Waals surface area contributed by atoms with Gasteiger partial charge in [0.05, 0.1) is 38.8 Å². The van der Waals surface area contributed by atoms with Crippen LogP contribution in [0.1, 0.15) is 0 Å². The van der Waals surface area contributed by atoms with E-state index in [2.05, 4.69) is 179 Å². The summed E-state index contributed by atoms with van der Waals surface area (Å²) in [7, 11) is 0. The zero-order valence-corrected chi connectivity index (χ0v) is 29.0. The summed E-state index contributed by atoms with van der Waals surface area (Å²) in [4.78, 5) is 11.0. The van der Waals surface area contributed by atoms with E-state index in [9.17, 15) is 0 Å². The van der Waals surface area contributed by atoms with Gasteiger partial charge in [-0.25, -0.2) is 9.97 Å². The van der Waals surface area contributed by atoms with Crippen LogP contribution in [0.3, 0.4) is 0 Å². The molecule has 0 aliphatic heterocycles. The van der Waals surface area contributed by atoms with Crippen molar-refractivity contribution in [2.24, 2.45) is 0 Å². The highest BCUT2D eigenvalue weighted by Gasteiger charge is 2.23. The molecule has 0 spiro atoms. The third-order valence-corrected chi connectivity index (χ3v) is 11.8. The number of nitrogens with zero attached hydrogens (tertiary/aromatic N) is 4. The van der Waals surface area contributed by atoms with Crippen molar-refractivity contribution in [3.63, 3.8) is 0 Å². The first kappa shape index (κ1) is 28.3. The molecule has 9 aromatic carbocycles. The zero-order chi connectivity index (χ0) is 35.1. The molecule has 0 bridgehead atoms. The molecular weight excluding hydrogens is 657 g/mol. The largest absolute Gasteiger partial charge is 0.308 e. The second kappa shape index (κ2) is 10.2. The summed E-state index contributed by atoms with van der Waals surface area (Å²) in [6.07, 6.45) is 0. The molecule has 0 saturated heterocycles. The SMILES string of the molecule is c1ccc2cc(-c3nc(-n4c5ccccc5c5ccc6c(ccc7c6c6cccc8c9ccccc9n7c86)c54)nc4ccc5ccccc5c34)ccc2c1. The Morgan fingerprint density at radius 3 is 1.87 bits per heavy atom. The van der Waals surface area contributed by atoms with Gasteiger partial charge in [0.1, 0.15) is 0 Å². The van der Waals surface area contributed by atoms with E-state index in [4.69, 9.17) is 9.97 Å². The fourth-order valence-corrected chi connectivity index (χ4v) is 9.54. The summed E-state index contributed by atoms with van der Waals surface area (Å²) in [5.41, 5.74) is 8.89. The Balaban J connectivity index is 1.18. The van der Waals surface area contributed by atoms with Gasteiger partial charge in [0.15, 0.2) is 0 Å². The quantitative estimate of drug-likeness (QED) is 0.170. The van der Waals surface area contributed by atoms with Crippen LogP contribution in [0.25, 0.3) is 120 Å². The first-order valence-electron chi connectivity index (χ1n) is 18.5. The van der Waals surface area contributed by atoms with Crippen molar-refractivity contribution >= 4 is 103 Å². The van der Waals surface area contributed by atoms with Gasteiger partial charge in [-0.15, -0.1) is 0 Å². The number of rotatable bonds is 2. The van der Waals surface area contributed by atoms with Crippen molar-refractivity contribution in [1.82, 2.24) is 18.9 Å². The number of hydrogen-bond donors (Lipinski definition) is 0. The molecule has 0 unspecified atom stereocenters. The van der Waals surface area contributed by atoms with Crippen LogP contribution < -0.4 is 0 Å². The van der Waals surface area contributed by atoms with Gasteiger partial charge >= 0.3 is 0 Å². The van der Waals surface area contributed by atoms with Crippen LogP contribution in [0, 0.1) is 0 Å². The molecule has 4 nitrogen and oxygen atoms in total. The maximum atomic E-state index is 5.59. The highest BCUT2D eigenvalue weighted by Crippen LogP contribution is 2.45. The first-order valence-corrected chi connectivity index (χ1v) is 18.5. The van der Waals surface area contributed by atoms with Gasteiger partial charge in [0.25, 0.3) is 0 Å². The van der Waals surface area contributed by atoms with Gasteiger partial charge in [-0.1, -0.05) is 140 Å². The summed E-state index contributed by atoms with van der Waals surface area (Å²) in [5, 5.41) is 15.7. The smallest absolute Gasteiger partial charge is 0.235 e. The fourth-order valence-electron chi connectivity index (χ4n) is 9.54. The van der Waals surface area contributed by atoms with E-state index in [1.165, 1.54) is 75.8 Å². The van der Waals surface area contributed by atoms with E-state index in [0.29, 0.717) is 5.95 Å². The minimum absolute atomic E-state index is 0.666. The molecular formula is C50H28N4. The van der Waals surface area contributed by atoms with Crippen molar-refractivity contribution in [2.45, 2.75) is 0 Å². The molecule has 0 radical (unpaired) electrons. The van der Waals surface area contributed by atoms with E-state index in [1.807, 2.05) is 0 Å². The Morgan fingerprint density at radius 1 is 0.352 bits per heavy atom. The average Bonchev–Trinajstić information content (AvgIpc) is 3.88. The molecule has 13 rings (SSSR count). The molecule has 0 fully saturated rings. The van der Waals surface area contributed by atoms with Crippen LogP contribution in [0.4, 0.5) is 0 Å². The number of benzene rings is 9. The summed E-state index contributed by atoms with van der Waals surface area (Å²) in [6, 6.07) is 61.6. The first-order chi connectivity index (χ1) is 26.8. The van der Waals surface area contributed by atoms with Crippen LogP contribution in [0.2, 0.25) is 0 Å². The summed E-state index contributed by atoms with van der Waals surface area (Å²) in [5.74, 6) is 0.666. The molecule has 0 aliphatic carbocycles. The standard InChI is InChI=1S/C50H28N4/c1-2-12-31-28-32(21-20-29(31)10-1)47-46-33-13-4-3-11-30(33)22-26-41(46)51-50(52-47)54-43-19-8-6-15-35(43)38-24-23-36-39(48(38)54)25-27-44-45(36)40-17-9-16-37-34-14-5-7-18-42(34)53(44)49(37)40/h1-28H. The molecule has 0 N–H and O–H groups in total.